The van der Waals surface area contributed by atoms with E-state index < -0.39 is 0 Å². The van der Waals surface area contributed by atoms with Crippen LogP contribution in [-0.4, -0.2) is 45.8 Å². The average molecular weight is 249 g/mol. The third kappa shape index (κ3) is 3.38. The van der Waals surface area contributed by atoms with E-state index in [4.69, 9.17) is 0 Å². The molecular weight excluding hydrogens is 226 g/mol. The van der Waals surface area contributed by atoms with E-state index in [9.17, 15) is 0 Å². The van der Waals surface area contributed by atoms with Gasteiger partial charge in [0.2, 0.25) is 5.95 Å². The summed E-state index contributed by atoms with van der Waals surface area (Å²) in [4.78, 5) is 6.92. The first kappa shape index (κ1) is 13.2. The molecule has 2 rings (SSSR count). The normalized spacial score (nSPS) is 18.6. The van der Waals surface area contributed by atoms with E-state index in [1.807, 2.05) is 13.8 Å². The van der Waals surface area contributed by atoms with Gasteiger partial charge in [-0.25, -0.2) is 4.98 Å². The molecule has 1 saturated heterocycles. The number of piperidine rings is 1. The minimum atomic E-state index is 0.524. The molecule has 5 heteroatoms. The Hall–Kier alpha value is -1.23. The summed E-state index contributed by atoms with van der Waals surface area (Å²) in [7, 11) is 0. The predicted molar refractivity (Wildman–Crippen MR) is 72.7 cm³/mol. The van der Waals surface area contributed by atoms with Crippen molar-refractivity contribution in [3.63, 3.8) is 0 Å². The van der Waals surface area contributed by atoms with Crippen LogP contribution in [0.25, 0.3) is 0 Å². The second-order valence-electron chi connectivity index (χ2n) is 5.13. The smallest absolute Gasteiger partial charge is 0.243 e. The van der Waals surface area contributed by atoms with E-state index in [-0.39, 0.29) is 0 Å². The zero-order chi connectivity index (χ0) is 13.0. The molecule has 1 N–H and O–H groups in total. The second kappa shape index (κ2) is 6.09. The number of nitrogens with zero attached hydrogens (tertiary/aromatic N) is 4. The van der Waals surface area contributed by atoms with Crippen LogP contribution in [0.4, 0.5) is 5.95 Å². The van der Waals surface area contributed by atoms with Crippen LogP contribution < -0.4 is 5.32 Å². The molecule has 2 heterocycles. The molecule has 0 spiro atoms. The van der Waals surface area contributed by atoms with Gasteiger partial charge in [-0.3, -0.25) is 4.90 Å². The van der Waals surface area contributed by atoms with Crippen LogP contribution in [0, 0.1) is 13.8 Å². The van der Waals surface area contributed by atoms with Gasteiger partial charge in [0.15, 0.2) is 0 Å². The molecule has 1 aliphatic heterocycles. The number of likely N-dealkylation sites (tertiary alicyclic amines) is 1. The van der Waals surface area contributed by atoms with E-state index >= 15 is 0 Å². The molecule has 1 unspecified atom stereocenters. The lowest BCUT2D eigenvalue weighted by Crippen LogP contribution is -2.41. The number of aryl methyl sites for hydroxylation is 2. The molecule has 0 amide bonds. The average Bonchev–Trinajstić information content (AvgIpc) is 2.41. The topological polar surface area (TPSA) is 53.9 Å². The highest BCUT2D eigenvalue weighted by molar-refractivity contribution is 5.24. The Bertz CT molecular complexity index is 387. The molecule has 0 aromatic carbocycles. The quantitative estimate of drug-likeness (QED) is 0.881. The van der Waals surface area contributed by atoms with Gasteiger partial charge in [-0.2, -0.15) is 5.10 Å². The lowest BCUT2D eigenvalue weighted by Gasteiger charge is -2.32. The van der Waals surface area contributed by atoms with Crippen LogP contribution >= 0.6 is 0 Å². The Morgan fingerprint density at radius 1 is 1.11 bits per heavy atom. The van der Waals surface area contributed by atoms with Crippen molar-refractivity contribution in [2.24, 2.45) is 0 Å². The number of nitrogens with one attached hydrogen (secondary N) is 1. The van der Waals surface area contributed by atoms with E-state index in [0.717, 1.165) is 17.9 Å². The minimum absolute atomic E-state index is 0.524. The van der Waals surface area contributed by atoms with Crippen molar-refractivity contribution in [3.8, 4) is 0 Å². The van der Waals surface area contributed by atoms with Gasteiger partial charge in [-0.15, -0.1) is 5.10 Å². The van der Waals surface area contributed by atoms with Gasteiger partial charge in [-0.1, -0.05) is 6.42 Å². The standard InChI is InChI=1S/C13H23N5/c1-10(18-7-5-4-6-8-18)9-14-13-15-11(2)12(3)16-17-13/h10H,4-9H2,1-3H3,(H,14,15,17). The SMILES string of the molecule is Cc1nnc(NCC(C)N2CCCCC2)nc1C. The molecule has 0 saturated carbocycles. The monoisotopic (exact) mass is 249 g/mol. The van der Waals surface area contributed by atoms with E-state index in [0.29, 0.717) is 12.0 Å². The third-order valence-electron chi connectivity index (χ3n) is 3.66. The lowest BCUT2D eigenvalue weighted by molar-refractivity contribution is 0.180. The van der Waals surface area contributed by atoms with E-state index in [2.05, 4.69) is 32.3 Å². The van der Waals surface area contributed by atoms with Crippen molar-refractivity contribution in [1.29, 1.82) is 0 Å². The number of anilines is 1. The summed E-state index contributed by atoms with van der Waals surface area (Å²) in [5.41, 5.74) is 1.84. The Kier molecular flexibility index (Phi) is 4.47. The van der Waals surface area contributed by atoms with Gasteiger partial charge in [0.1, 0.15) is 0 Å². The van der Waals surface area contributed by atoms with Crippen LogP contribution in [0.3, 0.4) is 0 Å². The van der Waals surface area contributed by atoms with Crippen molar-refractivity contribution in [2.75, 3.05) is 25.0 Å². The van der Waals surface area contributed by atoms with Crippen LogP contribution in [0.15, 0.2) is 0 Å². The molecule has 1 aromatic heterocycles. The Balaban J connectivity index is 1.84. The molecular formula is C13H23N5. The van der Waals surface area contributed by atoms with Crippen molar-refractivity contribution in [1.82, 2.24) is 20.1 Å². The molecule has 100 valence electrons. The van der Waals surface area contributed by atoms with Gasteiger partial charge in [0.25, 0.3) is 0 Å². The molecule has 1 fully saturated rings. The molecule has 18 heavy (non-hydrogen) atoms. The van der Waals surface area contributed by atoms with Crippen LogP contribution in [0.2, 0.25) is 0 Å². The van der Waals surface area contributed by atoms with Gasteiger partial charge >= 0.3 is 0 Å². The molecule has 5 nitrogen and oxygen atoms in total. The molecule has 1 aromatic rings. The lowest BCUT2D eigenvalue weighted by atomic mass is 10.1. The first-order valence-corrected chi connectivity index (χ1v) is 6.82. The molecule has 1 atom stereocenters. The molecule has 1 aliphatic rings. The fourth-order valence-electron chi connectivity index (χ4n) is 2.26. The largest absolute Gasteiger partial charge is 0.351 e. The molecule has 0 aliphatic carbocycles. The van der Waals surface area contributed by atoms with Crippen LogP contribution in [-0.2, 0) is 0 Å². The zero-order valence-corrected chi connectivity index (χ0v) is 11.6. The van der Waals surface area contributed by atoms with Gasteiger partial charge in [0, 0.05) is 12.6 Å². The van der Waals surface area contributed by atoms with E-state index in [1.54, 1.807) is 0 Å². The van der Waals surface area contributed by atoms with Crippen molar-refractivity contribution >= 4 is 5.95 Å². The summed E-state index contributed by atoms with van der Waals surface area (Å²) >= 11 is 0. The summed E-state index contributed by atoms with van der Waals surface area (Å²) in [5, 5.41) is 11.4. The highest BCUT2D eigenvalue weighted by atomic mass is 15.3. The third-order valence-corrected chi connectivity index (χ3v) is 3.66. The Morgan fingerprint density at radius 2 is 1.83 bits per heavy atom. The van der Waals surface area contributed by atoms with Crippen LogP contribution in [0.1, 0.15) is 37.6 Å². The molecule has 0 radical (unpaired) electrons. The van der Waals surface area contributed by atoms with Gasteiger partial charge < -0.3 is 5.32 Å². The van der Waals surface area contributed by atoms with Crippen molar-refractivity contribution in [3.05, 3.63) is 11.4 Å². The summed E-state index contributed by atoms with van der Waals surface area (Å²) in [6.45, 7) is 9.46. The second-order valence-corrected chi connectivity index (χ2v) is 5.13. The Labute approximate surface area is 109 Å². The maximum absolute atomic E-state index is 4.39. The fourth-order valence-corrected chi connectivity index (χ4v) is 2.26. The maximum atomic E-state index is 4.39. The van der Waals surface area contributed by atoms with E-state index in [1.165, 1.54) is 32.4 Å². The Morgan fingerprint density at radius 3 is 2.50 bits per heavy atom. The van der Waals surface area contributed by atoms with Crippen LogP contribution in [0.5, 0.6) is 0 Å². The van der Waals surface area contributed by atoms with Gasteiger partial charge in [-0.05, 0) is 46.7 Å². The van der Waals surface area contributed by atoms with Crippen molar-refractivity contribution < 1.29 is 0 Å². The summed E-state index contributed by atoms with van der Waals surface area (Å²) in [6.07, 6.45) is 4.03. The highest BCUT2D eigenvalue weighted by Crippen LogP contribution is 2.12. The van der Waals surface area contributed by atoms with Gasteiger partial charge in [0.05, 0.1) is 11.4 Å². The number of hydrogen-bond donors (Lipinski definition) is 1. The minimum Gasteiger partial charge on any atom is -0.351 e. The fraction of sp³-hybridized carbons (Fsp3) is 0.769. The first-order chi connectivity index (χ1) is 8.66. The predicted octanol–water partition coefficient (Wildman–Crippen LogP) is 1.77. The maximum Gasteiger partial charge on any atom is 0.243 e. The summed E-state index contributed by atoms with van der Waals surface area (Å²) < 4.78 is 0. The highest BCUT2D eigenvalue weighted by Gasteiger charge is 2.16. The first-order valence-electron chi connectivity index (χ1n) is 6.82. The summed E-state index contributed by atoms with van der Waals surface area (Å²) in [6, 6.07) is 0.524. The number of hydrogen-bond acceptors (Lipinski definition) is 5. The van der Waals surface area contributed by atoms with Crippen molar-refractivity contribution in [2.45, 2.75) is 46.1 Å². The zero-order valence-electron chi connectivity index (χ0n) is 11.6. The number of rotatable bonds is 4. The molecule has 0 bridgehead atoms. The summed E-state index contributed by atoms with van der Waals surface area (Å²) in [5.74, 6) is 0.641. The number of aromatic nitrogens is 3.